The molecule has 4 atom stereocenters. The van der Waals surface area contributed by atoms with Gasteiger partial charge in [-0.2, -0.15) is 0 Å². The maximum atomic E-state index is 12.7. The third-order valence-corrected chi connectivity index (χ3v) is 6.21. The fourth-order valence-electron chi connectivity index (χ4n) is 2.93. The molecule has 0 heterocycles. The SMILES string of the molecule is CC1C(N)CCC1S(=O)c1ccc2ccccc2c1. The number of rotatable bonds is 2. The van der Waals surface area contributed by atoms with Gasteiger partial charge < -0.3 is 5.73 Å². The van der Waals surface area contributed by atoms with Crippen LogP contribution >= 0.6 is 0 Å². The second-order valence-corrected chi connectivity index (χ2v) is 7.12. The van der Waals surface area contributed by atoms with Gasteiger partial charge >= 0.3 is 0 Å². The lowest BCUT2D eigenvalue weighted by atomic mass is 10.1. The quantitative estimate of drug-likeness (QED) is 0.913. The van der Waals surface area contributed by atoms with Crippen molar-refractivity contribution in [2.45, 2.75) is 36.0 Å². The van der Waals surface area contributed by atoms with E-state index in [9.17, 15) is 4.21 Å². The highest BCUT2D eigenvalue weighted by atomic mass is 32.2. The second-order valence-electron chi connectivity index (χ2n) is 5.45. The van der Waals surface area contributed by atoms with Crippen molar-refractivity contribution in [2.24, 2.45) is 11.7 Å². The summed E-state index contributed by atoms with van der Waals surface area (Å²) in [7, 11) is -0.946. The van der Waals surface area contributed by atoms with E-state index in [1.165, 1.54) is 5.39 Å². The molecule has 0 aromatic heterocycles. The first kappa shape index (κ1) is 12.8. The van der Waals surface area contributed by atoms with Gasteiger partial charge in [-0.15, -0.1) is 0 Å². The fourth-order valence-corrected chi connectivity index (χ4v) is 4.66. The Labute approximate surface area is 116 Å². The van der Waals surface area contributed by atoms with E-state index in [2.05, 4.69) is 31.2 Å². The summed E-state index contributed by atoms with van der Waals surface area (Å²) in [4.78, 5) is 0.935. The van der Waals surface area contributed by atoms with Gasteiger partial charge in [0.1, 0.15) is 0 Å². The number of hydrogen-bond acceptors (Lipinski definition) is 2. The molecule has 0 radical (unpaired) electrons. The summed E-state index contributed by atoms with van der Waals surface area (Å²) in [6, 6.07) is 14.5. The summed E-state index contributed by atoms with van der Waals surface area (Å²) >= 11 is 0. The third kappa shape index (κ3) is 2.33. The minimum absolute atomic E-state index is 0.203. The molecule has 1 fully saturated rings. The molecule has 0 saturated heterocycles. The van der Waals surface area contributed by atoms with Crippen molar-refractivity contribution < 1.29 is 4.21 Å². The lowest BCUT2D eigenvalue weighted by Crippen LogP contribution is -2.29. The van der Waals surface area contributed by atoms with Crippen molar-refractivity contribution in [2.75, 3.05) is 0 Å². The van der Waals surface area contributed by atoms with Gasteiger partial charge in [-0.3, -0.25) is 4.21 Å². The smallest absolute Gasteiger partial charge is 0.0564 e. The van der Waals surface area contributed by atoms with Crippen LogP contribution in [0.15, 0.2) is 47.4 Å². The number of fused-ring (bicyclic) bond motifs is 1. The molecular weight excluding hydrogens is 254 g/mol. The highest BCUT2D eigenvalue weighted by Crippen LogP contribution is 2.32. The summed E-state index contributed by atoms with van der Waals surface area (Å²) < 4.78 is 12.7. The summed E-state index contributed by atoms with van der Waals surface area (Å²) in [5.41, 5.74) is 6.04. The summed E-state index contributed by atoms with van der Waals surface area (Å²) in [5.74, 6) is 0.340. The van der Waals surface area contributed by atoms with Crippen molar-refractivity contribution in [3.63, 3.8) is 0 Å². The largest absolute Gasteiger partial charge is 0.327 e. The molecule has 0 spiro atoms. The van der Waals surface area contributed by atoms with Gasteiger partial charge in [-0.25, -0.2) is 0 Å². The molecule has 0 amide bonds. The van der Waals surface area contributed by atoms with E-state index in [0.29, 0.717) is 5.92 Å². The fraction of sp³-hybridized carbons (Fsp3) is 0.375. The van der Waals surface area contributed by atoms with E-state index >= 15 is 0 Å². The van der Waals surface area contributed by atoms with Crippen LogP contribution in [0.2, 0.25) is 0 Å². The van der Waals surface area contributed by atoms with Gasteiger partial charge in [0.05, 0.1) is 10.8 Å². The predicted octanol–water partition coefficient (Wildman–Crippen LogP) is 3.07. The Kier molecular flexibility index (Phi) is 3.42. The molecule has 3 rings (SSSR count). The summed E-state index contributed by atoms with van der Waals surface area (Å²) in [5, 5.41) is 2.55. The van der Waals surface area contributed by atoms with Crippen LogP contribution in [0.5, 0.6) is 0 Å². The maximum absolute atomic E-state index is 12.7. The molecule has 1 aliphatic rings. The molecule has 2 aromatic rings. The van der Waals surface area contributed by atoms with Crippen LogP contribution in [0, 0.1) is 5.92 Å². The van der Waals surface area contributed by atoms with Gasteiger partial charge in [-0.1, -0.05) is 37.3 Å². The molecule has 2 nitrogen and oxygen atoms in total. The predicted molar refractivity (Wildman–Crippen MR) is 80.5 cm³/mol. The van der Waals surface area contributed by atoms with Crippen molar-refractivity contribution in [3.8, 4) is 0 Å². The van der Waals surface area contributed by atoms with Gasteiger partial charge in [0.25, 0.3) is 0 Å². The maximum Gasteiger partial charge on any atom is 0.0564 e. The zero-order chi connectivity index (χ0) is 13.4. The van der Waals surface area contributed by atoms with Gasteiger partial charge in [0, 0.05) is 16.2 Å². The normalized spacial score (nSPS) is 28.6. The highest BCUT2D eigenvalue weighted by molar-refractivity contribution is 7.85. The minimum atomic E-state index is -0.946. The van der Waals surface area contributed by atoms with E-state index in [1.807, 2.05) is 18.2 Å². The first-order valence-electron chi connectivity index (χ1n) is 6.82. The lowest BCUT2D eigenvalue weighted by molar-refractivity contribution is 0.526. The Balaban J connectivity index is 1.93. The first-order valence-corrected chi connectivity index (χ1v) is 8.03. The highest BCUT2D eigenvalue weighted by Gasteiger charge is 2.34. The van der Waals surface area contributed by atoms with Crippen LogP contribution in [0.3, 0.4) is 0 Å². The standard InChI is InChI=1S/C16H19NOS/c1-11-15(17)8-9-16(11)19(18)14-7-6-12-4-2-3-5-13(12)10-14/h2-7,10-11,15-16H,8-9,17H2,1H3. The van der Waals surface area contributed by atoms with Crippen LogP contribution in [0.25, 0.3) is 10.8 Å². The molecule has 2 N–H and O–H groups in total. The van der Waals surface area contributed by atoms with Crippen LogP contribution in [0.1, 0.15) is 19.8 Å². The van der Waals surface area contributed by atoms with E-state index < -0.39 is 10.8 Å². The molecule has 19 heavy (non-hydrogen) atoms. The Bertz CT molecular complexity index is 625. The topological polar surface area (TPSA) is 43.1 Å². The van der Waals surface area contributed by atoms with E-state index in [1.54, 1.807) is 0 Å². The molecule has 1 saturated carbocycles. The minimum Gasteiger partial charge on any atom is -0.327 e. The Hall–Kier alpha value is -1.19. The van der Waals surface area contributed by atoms with Crippen LogP contribution < -0.4 is 5.73 Å². The summed E-state index contributed by atoms with van der Waals surface area (Å²) in [6.45, 7) is 2.13. The Morgan fingerprint density at radius 2 is 1.84 bits per heavy atom. The molecule has 100 valence electrons. The second kappa shape index (κ2) is 5.06. The van der Waals surface area contributed by atoms with Crippen molar-refractivity contribution >= 4 is 21.6 Å². The van der Waals surface area contributed by atoms with Crippen LogP contribution in [0.4, 0.5) is 0 Å². The number of hydrogen-bond donors (Lipinski definition) is 1. The zero-order valence-corrected chi connectivity index (χ0v) is 11.9. The molecule has 1 aliphatic carbocycles. The van der Waals surface area contributed by atoms with Gasteiger partial charge in [-0.05, 0) is 41.7 Å². The first-order chi connectivity index (χ1) is 9.16. The van der Waals surface area contributed by atoms with Crippen molar-refractivity contribution in [1.82, 2.24) is 0 Å². The van der Waals surface area contributed by atoms with E-state index in [-0.39, 0.29) is 11.3 Å². The Morgan fingerprint density at radius 1 is 1.11 bits per heavy atom. The zero-order valence-electron chi connectivity index (χ0n) is 11.1. The van der Waals surface area contributed by atoms with Crippen molar-refractivity contribution in [1.29, 1.82) is 0 Å². The Morgan fingerprint density at radius 3 is 2.53 bits per heavy atom. The number of benzene rings is 2. The average molecular weight is 273 g/mol. The van der Waals surface area contributed by atoms with Crippen LogP contribution in [-0.2, 0) is 10.8 Å². The van der Waals surface area contributed by atoms with Gasteiger partial charge in [0.15, 0.2) is 0 Å². The molecule has 2 aromatic carbocycles. The average Bonchev–Trinajstić information content (AvgIpc) is 2.78. The molecule has 0 bridgehead atoms. The monoisotopic (exact) mass is 273 g/mol. The molecule has 4 unspecified atom stereocenters. The van der Waals surface area contributed by atoms with E-state index in [0.717, 1.165) is 23.1 Å². The van der Waals surface area contributed by atoms with E-state index in [4.69, 9.17) is 5.73 Å². The lowest BCUT2D eigenvalue weighted by Gasteiger charge is -2.17. The van der Waals surface area contributed by atoms with Crippen molar-refractivity contribution in [3.05, 3.63) is 42.5 Å². The summed E-state index contributed by atoms with van der Waals surface area (Å²) in [6.07, 6.45) is 1.97. The van der Waals surface area contributed by atoms with Gasteiger partial charge in [0.2, 0.25) is 0 Å². The molecule has 0 aliphatic heterocycles. The number of nitrogens with two attached hydrogens (primary N) is 1. The molecule has 3 heteroatoms. The van der Waals surface area contributed by atoms with Crippen LogP contribution in [-0.4, -0.2) is 15.5 Å². The molecular formula is C16H19NOS. The third-order valence-electron chi connectivity index (χ3n) is 4.27.